The van der Waals surface area contributed by atoms with Crippen LogP contribution in [-0.2, 0) is 11.3 Å². The van der Waals surface area contributed by atoms with Gasteiger partial charge in [-0.15, -0.1) is 0 Å². The fourth-order valence-corrected chi connectivity index (χ4v) is 3.26. The highest BCUT2D eigenvalue weighted by molar-refractivity contribution is 5.94. The summed E-state index contributed by atoms with van der Waals surface area (Å²) in [5.41, 5.74) is 1.74. The number of hydrogen-bond acceptors (Lipinski definition) is 6. The molecule has 1 aromatic carbocycles. The first-order valence-corrected chi connectivity index (χ1v) is 9.25. The molecule has 2 heterocycles. The summed E-state index contributed by atoms with van der Waals surface area (Å²) < 4.78 is 5.28. The van der Waals surface area contributed by atoms with Crippen molar-refractivity contribution in [2.24, 2.45) is 0 Å². The lowest BCUT2D eigenvalue weighted by Crippen LogP contribution is -2.50. The summed E-state index contributed by atoms with van der Waals surface area (Å²) in [6, 6.07) is 13.6. The third kappa shape index (κ3) is 5.39. The Balaban J connectivity index is 1.52. The van der Waals surface area contributed by atoms with Crippen LogP contribution in [0.25, 0.3) is 0 Å². The third-order valence-corrected chi connectivity index (χ3v) is 4.70. The molecule has 142 valence electrons. The van der Waals surface area contributed by atoms with E-state index in [4.69, 9.17) is 9.78 Å². The van der Waals surface area contributed by atoms with Gasteiger partial charge in [-0.05, 0) is 19.1 Å². The largest absolute Gasteiger partial charge is 0.360 e. The Morgan fingerprint density at radius 2 is 1.93 bits per heavy atom. The molecule has 7 nitrogen and oxygen atoms in total. The van der Waals surface area contributed by atoms with E-state index in [1.165, 1.54) is 0 Å². The Morgan fingerprint density at radius 3 is 2.56 bits per heavy atom. The molecule has 1 amide bonds. The molecular formula is C20H25N5O2. The first kappa shape index (κ1) is 19.1. The van der Waals surface area contributed by atoms with E-state index < -0.39 is 0 Å². The molecule has 0 unspecified atom stereocenters. The second-order valence-corrected chi connectivity index (χ2v) is 6.78. The fraction of sp³-hybridized carbons (Fsp3) is 0.450. The number of amides is 1. The van der Waals surface area contributed by atoms with Crippen molar-refractivity contribution in [2.45, 2.75) is 19.9 Å². The number of nitriles is 1. The van der Waals surface area contributed by atoms with Gasteiger partial charge in [0.05, 0.1) is 31.3 Å². The van der Waals surface area contributed by atoms with Crippen molar-refractivity contribution in [3.05, 3.63) is 47.9 Å². The van der Waals surface area contributed by atoms with Crippen molar-refractivity contribution in [1.29, 1.82) is 5.26 Å². The molecule has 0 N–H and O–H groups in total. The van der Waals surface area contributed by atoms with Gasteiger partial charge in [0.25, 0.3) is 0 Å². The Hall–Kier alpha value is -2.69. The van der Waals surface area contributed by atoms with E-state index in [1.54, 1.807) is 4.90 Å². The Labute approximate surface area is 159 Å². The van der Waals surface area contributed by atoms with E-state index in [9.17, 15) is 4.79 Å². The lowest BCUT2D eigenvalue weighted by molar-refractivity contribution is -0.120. The molecule has 2 aromatic rings. The first-order valence-electron chi connectivity index (χ1n) is 9.25. The number of anilines is 1. The van der Waals surface area contributed by atoms with Crippen LogP contribution in [0.4, 0.5) is 5.69 Å². The van der Waals surface area contributed by atoms with Crippen molar-refractivity contribution in [3.8, 4) is 6.07 Å². The molecule has 0 aliphatic carbocycles. The molecule has 0 saturated carbocycles. The summed E-state index contributed by atoms with van der Waals surface area (Å²) >= 11 is 0. The Bertz CT molecular complexity index is 775. The van der Waals surface area contributed by atoms with E-state index in [0.29, 0.717) is 19.5 Å². The molecule has 7 heteroatoms. The number of benzene rings is 1. The van der Waals surface area contributed by atoms with Gasteiger partial charge in [0, 0.05) is 44.5 Å². The first-order chi connectivity index (χ1) is 13.2. The molecule has 1 aliphatic rings. The highest BCUT2D eigenvalue weighted by Gasteiger charge is 2.23. The van der Waals surface area contributed by atoms with Gasteiger partial charge in [-0.1, -0.05) is 23.4 Å². The van der Waals surface area contributed by atoms with Crippen LogP contribution in [0.15, 0.2) is 40.9 Å². The summed E-state index contributed by atoms with van der Waals surface area (Å²) in [4.78, 5) is 19.0. The van der Waals surface area contributed by atoms with E-state index in [0.717, 1.165) is 49.9 Å². The molecular weight excluding hydrogens is 342 g/mol. The van der Waals surface area contributed by atoms with Crippen molar-refractivity contribution in [2.75, 3.05) is 44.2 Å². The van der Waals surface area contributed by atoms with E-state index in [1.807, 2.05) is 43.3 Å². The zero-order valence-corrected chi connectivity index (χ0v) is 15.7. The predicted molar refractivity (Wildman–Crippen MR) is 102 cm³/mol. The average Bonchev–Trinajstić information content (AvgIpc) is 3.09. The Kier molecular flexibility index (Phi) is 6.58. The van der Waals surface area contributed by atoms with Crippen LogP contribution < -0.4 is 4.90 Å². The van der Waals surface area contributed by atoms with Crippen molar-refractivity contribution in [1.82, 2.24) is 15.0 Å². The number of aryl methyl sites for hydroxylation is 1. The van der Waals surface area contributed by atoms with Crippen LogP contribution in [0, 0.1) is 18.3 Å². The van der Waals surface area contributed by atoms with Gasteiger partial charge in [0.2, 0.25) is 5.91 Å². The second kappa shape index (κ2) is 9.31. The molecule has 1 aromatic heterocycles. The van der Waals surface area contributed by atoms with Crippen molar-refractivity contribution < 1.29 is 9.32 Å². The maximum Gasteiger partial charge on any atom is 0.241 e. The number of aromatic nitrogens is 1. The summed E-state index contributed by atoms with van der Waals surface area (Å²) in [7, 11) is 0. The molecule has 0 atom stereocenters. The zero-order valence-electron chi connectivity index (χ0n) is 15.7. The number of nitrogens with zero attached hydrogens (tertiary/aromatic N) is 5. The van der Waals surface area contributed by atoms with Gasteiger partial charge in [-0.2, -0.15) is 5.26 Å². The molecule has 1 saturated heterocycles. The lowest BCUT2D eigenvalue weighted by atomic mass is 10.2. The van der Waals surface area contributed by atoms with Gasteiger partial charge < -0.3 is 9.42 Å². The molecule has 1 fully saturated rings. The van der Waals surface area contributed by atoms with Gasteiger partial charge in [-0.3, -0.25) is 14.6 Å². The summed E-state index contributed by atoms with van der Waals surface area (Å²) in [5.74, 6) is 0.916. The lowest BCUT2D eigenvalue weighted by Gasteiger charge is -2.34. The van der Waals surface area contributed by atoms with Crippen LogP contribution in [0.2, 0.25) is 0 Å². The SMILES string of the molecule is Cc1cc(CN2CCN(CC(=O)N(CCC#N)c3ccccc3)CC2)on1. The smallest absolute Gasteiger partial charge is 0.241 e. The third-order valence-electron chi connectivity index (χ3n) is 4.70. The van der Waals surface area contributed by atoms with E-state index >= 15 is 0 Å². The highest BCUT2D eigenvalue weighted by atomic mass is 16.5. The average molecular weight is 367 g/mol. The van der Waals surface area contributed by atoms with Gasteiger partial charge in [0.1, 0.15) is 0 Å². The van der Waals surface area contributed by atoms with Crippen LogP contribution in [0.3, 0.4) is 0 Å². The van der Waals surface area contributed by atoms with Gasteiger partial charge in [-0.25, -0.2) is 0 Å². The monoisotopic (exact) mass is 367 g/mol. The number of para-hydroxylation sites is 1. The van der Waals surface area contributed by atoms with Gasteiger partial charge in [0.15, 0.2) is 5.76 Å². The molecule has 1 aliphatic heterocycles. The number of carbonyl (C=O) groups excluding carboxylic acids is 1. The topological polar surface area (TPSA) is 76.6 Å². The van der Waals surface area contributed by atoms with E-state index in [2.05, 4.69) is 21.0 Å². The molecule has 27 heavy (non-hydrogen) atoms. The Morgan fingerprint density at radius 1 is 1.22 bits per heavy atom. The summed E-state index contributed by atoms with van der Waals surface area (Å²) in [6.45, 7) is 6.90. The minimum absolute atomic E-state index is 0.0377. The molecule has 0 bridgehead atoms. The molecule has 0 radical (unpaired) electrons. The summed E-state index contributed by atoms with van der Waals surface area (Å²) in [6.07, 6.45) is 0.324. The fourth-order valence-electron chi connectivity index (χ4n) is 3.26. The normalized spacial score (nSPS) is 15.4. The van der Waals surface area contributed by atoms with Gasteiger partial charge >= 0.3 is 0 Å². The van der Waals surface area contributed by atoms with Crippen molar-refractivity contribution >= 4 is 11.6 Å². The highest BCUT2D eigenvalue weighted by Crippen LogP contribution is 2.15. The number of hydrogen-bond donors (Lipinski definition) is 0. The second-order valence-electron chi connectivity index (χ2n) is 6.78. The number of carbonyl (C=O) groups is 1. The summed E-state index contributed by atoms with van der Waals surface area (Å²) in [5, 5.41) is 12.8. The maximum absolute atomic E-state index is 12.8. The van der Waals surface area contributed by atoms with E-state index in [-0.39, 0.29) is 5.91 Å². The van der Waals surface area contributed by atoms with Crippen LogP contribution in [0.5, 0.6) is 0 Å². The molecule has 0 spiro atoms. The minimum atomic E-state index is 0.0377. The van der Waals surface area contributed by atoms with Crippen molar-refractivity contribution in [3.63, 3.8) is 0 Å². The molecule has 3 rings (SSSR count). The predicted octanol–water partition coefficient (Wildman–Crippen LogP) is 2.05. The quantitative estimate of drug-likeness (QED) is 0.745. The standard InChI is InChI=1S/C20H25N5O2/c1-17-14-19(27-22-17)15-23-10-12-24(13-11-23)16-20(26)25(9-5-8-21)18-6-3-2-4-7-18/h2-4,6-7,14H,5,9-13,15-16H2,1H3. The van der Waals surface area contributed by atoms with Crippen LogP contribution >= 0.6 is 0 Å². The maximum atomic E-state index is 12.8. The van der Waals surface area contributed by atoms with Crippen LogP contribution in [0.1, 0.15) is 17.9 Å². The van der Waals surface area contributed by atoms with Crippen LogP contribution in [-0.4, -0.2) is 60.1 Å². The number of piperazine rings is 1. The zero-order chi connectivity index (χ0) is 19.1. The minimum Gasteiger partial charge on any atom is -0.360 e. The number of rotatable bonds is 7.